The Morgan fingerprint density at radius 3 is 2.54 bits per heavy atom. The Balaban J connectivity index is 0.00000280. The van der Waals surface area contributed by atoms with E-state index in [2.05, 4.69) is 89.0 Å². The van der Waals surface area contributed by atoms with Gasteiger partial charge < -0.3 is 14.3 Å². The number of aromatic nitrogens is 4. The third kappa shape index (κ3) is 5.05. The molecule has 0 radical (unpaired) electrons. The van der Waals surface area contributed by atoms with Crippen LogP contribution in [0, 0.1) is 18.1 Å². The van der Waals surface area contributed by atoms with Crippen molar-refractivity contribution in [3.8, 4) is 28.6 Å². The van der Waals surface area contributed by atoms with Gasteiger partial charge in [-0.2, -0.15) is 12.1 Å². The van der Waals surface area contributed by atoms with Crippen molar-refractivity contribution in [2.75, 3.05) is 0 Å². The predicted octanol–water partition coefficient (Wildman–Crippen LogP) is 7.22. The maximum absolute atomic E-state index is 5.86. The van der Waals surface area contributed by atoms with Gasteiger partial charge in [0, 0.05) is 24.0 Å². The summed E-state index contributed by atoms with van der Waals surface area (Å²) in [5.74, 6) is 2.46. The van der Waals surface area contributed by atoms with E-state index < -0.39 is 0 Å². The van der Waals surface area contributed by atoms with Crippen molar-refractivity contribution in [1.29, 1.82) is 0 Å². The van der Waals surface area contributed by atoms with Crippen LogP contribution in [-0.2, 0) is 27.5 Å². The van der Waals surface area contributed by atoms with Crippen LogP contribution in [0.4, 0.5) is 0 Å². The zero-order valence-corrected chi connectivity index (χ0v) is 22.7. The smallest absolute Gasteiger partial charge is 0.458 e. The monoisotopic (exact) mass is 663 g/mol. The SMILES string of the molecule is CC(C)Cc1ccnc(-n2c3[c-]c(-c4[c-]c(Oc5ccccn5)cnc4)ccc3c3ccccc32)c1.[Pt+2]. The molecule has 37 heavy (non-hydrogen) atoms. The molecule has 0 fully saturated rings. The average molecular weight is 664 g/mol. The average Bonchev–Trinajstić information content (AvgIpc) is 3.23. The van der Waals surface area contributed by atoms with Crippen LogP contribution in [0.25, 0.3) is 38.8 Å². The van der Waals surface area contributed by atoms with Gasteiger partial charge in [0.1, 0.15) is 5.82 Å². The Hall–Kier alpha value is -3.82. The molecular weight excluding hydrogens is 639 g/mol. The van der Waals surface area contributed by atoms with Crippen molar-refractivity contribution in [2.24, 2.45) is 5.92 Å². The first-order valence-corrected chi connectivity index (χ1v) is 12.0. The van der Waals surface area contributed by atoms with E-state index in [4.69, 9.17) is 9.72 Å². The summed E-state index contributed by atoms with van der Waals surface area (Å²) in [5.41, 5.74) is 5.01. The molecule has 0 unspecified atom stereocenters. The molecule has 4 heterocycles. The van der Waals surface area contributed by atoms with Crippen LogP contribution in [0.5, 0.6) is 11.6 Å². The first-order valence-electron chi connectivity index (χ1n) is 12.0. The molecule has 0 aliphatic heterocycles. The summed E-state index contributed by atoms with van der Waals surface area (Å²) in [6.45, 7) is 4.47. The molecule has 0 atom stereocenters. The fourth-order valence-electron chi connectivity index (χ4n) is 4.55. The summed E-state index contributed by atoms with van der Waals surface area (Å²) in [5, 5.41) is 2.29. The largest absolute Gasteiger partial charge is 2.00 e. The zero-order valence-electron chi connectivity index (χ0n) is 20.5. The Morgan fingerprint density at radius 1 is 0.838 bits per heavy atom. The molecule has 184 valence electrons. The number of rotatable bonds is 6. The molecule has 0 N–H and O–H groups in total. The van der Waals surface area contributed by atoms with Gasteiger partial charge in [0.2, 0.25) is 5.88 Å². The number of hydrogen-bond acceptors (Lipinski definition) is 4. The van der Waals surface area contributed by atoms with Crippen LogP contribution in [0.3, 0.4) is 0 Å². The van der Waals surface area contributed by atoms with Crippen molar-refractivity contribution in [2.45, 2.75) is 20.3 Å². The summed E-state index contributed by atoms with van der Waals surface area (Å²) in [6.07, 6.45) is 8.01. The molecule has 0 aliphatic carbocycles. The second kappa shape index (κ2) is 10.7. The number of ether oxygens (including phenoxy) is 1. The second-order valence-corrected chi connectivity index (χ2v) is 9.19. The Bertz CT molecular complexity index is 1680. The summed E-state index contributed by atoms with van der Waals surface area (Å²) in [4.78, 5) is 13.3. The van der Waals surface area contributed by atoms with Gasteiger partial charge in [0.15, 0.2) is 0 Å². The van der Waals surface area contributed by atoms with E-state index >= 15 is 0 Å². The fraction of sp³-hybridized carbons (Fsp3) is 0.129. The minimum atomic E-state index is 0. The van der Waals surface area contributed by atoms with Gasteiger partial charge in [-0.1, -0.05) is 49.7 Å². The molecule has 0 aliphatic rings. The van der Waals surface area contributed by atoms with E-state index in [1.165, 1.54) is 10.9 Å². The minimum Gasteiger partial charge on any atom is -0.458 e. The number of fused-ring (bicyclic) bond motifs is 3. The molecule has 0 spiro atoms. The van der Waals surface area contributed by atoms with E-state index in [1.807, 2.05) is 18.3 Å². The second-order valence-electron chi connectivity index (χ2n) is 9.19. The van der Waals surface area contributed by atoms with Gasteiger partial charge in [-0.05, 0) is 59.3 Å². The van der Waals surface area contributed by atoms with Crippen molar-refractivity contribution in [3.05, 3.63) is 109 Å². The summed E-state index contributed by atoms with van der Waals surface area (Å²) >= 11 is 0. The molecule has 4 aromatic heterocycles. The molecule has 0 bridgehead atoms. The van der Waals surface area contributed by atoms with Gasteiger partial charge in [0.25, 0.3) is 0 Å². The Morgan fingerprint density at radius 2 is 1.70 bits per heavy atom. The van der Waals surface area contributed by atoms with E-state index in [0.29, 0.717) is 17.5 Å². The maximum atomic E-state index is 5.86. The number of pyridine rings is 3. The molecule has 6 heteroatoms. The summed E-state index contributed by atoms with van der Waals surface area (Å²) in [6, 6.07) is 29.4. The fourth-order valence-corrected chi connectivity index (χ4v) is 4.55. The van der Waals surface area contributed by atoms with Crippen LogP contribution >= 0.6 is 0 Å². The van der Waals surface area contributed by atoms with Gasteiger partial charge in [-0.15, -0.1) is 12.1 Å². The molecule has 0 saturated heterocycles. The Kier molecular flexibility index (Phi) is 7.16. The van der Waals surface area contributed by atoms with Gasteiger partial charge in [-0.25, -0.2) is 21.1 Å². The van der Waals surface area contributed by atoms with Crippen molar-refractivity contribution in [3.63, 3.8) is 0 Å². The quantitative estimate of drug-likeness (QED) is 0.177. The zero-order chi connectivity index (χ0) is 24.5. The third-order valence-corrected chi connectivity index (χ3v) is 6.06. The number of para-hydroxylation sites is 1. The summed E-state index contributed by atoms with van der Waals surface area (Å²) < 4.78 is 8.05. The number of hydrogen-bond donors (Lipinski definition) is 0. The first kappa shape index (κ1) is 24.9. The van der Waals surface area contributed by atoms with Gasteiger partial charge in [0.05, 0.1) is 5.75 Å². The van der Waals surface area contributed by atoms with E-state index in [0.717, 1.165) is 39.8 Å². The standard InChI is InChI=1S/C31H24N4O.Pt/c1-21(2)15-22-12-14-33-30(16-22)35-28-8-4-3-7-26(28)27-11-10-23(18-29(27)35)24-17-25(20-32-19-24)36-31-9-5-6-13-34-31;/h3-14,16,19-21H,15H2,1-2H3;/q-2;+2. The maximum Gasteiger partial charge on any atom is 2.00 e. The molecular formula is C31H24N4OPt. The van der Waals surface area contributed by atoms with Crippen LogP contribution in [0.15, 0.2) is 91.5 Å². The van der Waals surface area contributed by atoms with Crippen LogP contribution < -0.4 is 4.74 Å². The third-order valence-electron chi connectivity index (χ3n) is 6.06. The van der Waals surface area contributed by atoms with E-state index in [1.54, 1.807) is 24.7 Å². The molecule has 6 rings (SSSR count). The van der Waals surface area contributed by atoms with Crippen LogP contribution in [0.1, 0.15) is 19.4 Å². The molecule has 6 aromatic rings. The van der Waals surface area contributed by atoms with Crippen molar-refractivity contribution < 1.29 is 25.8 Å². The first-order chi connectivity index (χ1) is 17.7. The molecule has 5 nitrogen and oxygen atoms in total. The molecule has 0 saturated carbocycles. The van der Waals surface area contributed by atoms with Gasteiger partial charge in [-0.3, -0.25) is 0 Å². The van der Waals surface area contributed by atoms with Crippen LogP contribution in [-0.4, -0.2) is 19.5 Å². The topological polar surface area (TPSA) is 52.8 Å². The van der Waals surface area contributed by atoms with E-state index in [9.17, 15) is 0 Å². The van der Waals surface area contributed by atoms with Crippen molar-refractivity contribution >= 4 is 21.8 Å². The van der Waals surface area contributed by atoms with Crippen molar-refractivity contribution in [1.82, 2.24) is 19.5 Å². The Labute approximate surface area is 230 Å². The predicted molar refractivity (Wildman–Crippen MR) is 142 cm³/mol. The number of nitrogens with zero attached hydrogens (tertiary/aromatic N) is 4. The molecule has 2 aromatic carbocycles. The van der Waals surface area contributed by atoms with E-state index in [-0.39, 0.29) is 21.1 Å². The normalized spacial score (nSPS) is 11.1. The molecule has 0 amide bonds. The number of benzene rings is 2. The summed E-state index contributed by atoms with van der Waals surface area (Å²) in [7, 11) is 0. The van der Waals surface area contributed by atoms with Gasteiger partial charge >= 0.3 is 21.1 Å². The minimum absolute atomic E-state index is 0. The van der Waals surface area contributed by atoms with Crippen LogP contribution in [0.2, 0.25) is 0 Å².